The van der Waals surface area contributed by atoms with Gasteiger partial charge in [-0.05, 0) is 13.0 Å². The molecule has 0 aliphatic carbocycles. The molecule has 1 aliphatic rings. The van der Waals surface area contributed by atoms with Crippen LogP contribution in [0.4, 0.5) is 0 Å². The van der Waals surface area contributed by atoms with E-state index in [-0.39, 0.29) is 6.10 Å². The highest BCUT2D eigenvalue weighted by Crippen LogP contribution is 2.17. The highest BCUT2D eigenvalue weighted by Gasteiger charge is 2.15. The van der Waals surface area contributed by atoms with Crippen LogP contribution in [0.3, 0.4) is 0 Å². The molecule has 4 nitrogen and oxygen atoms in total. The summed E-state index contributed by atoms with van der Waals surface area (Å²) in [6, 6.07) is 0. The van der Waals surface area contributed by atoms with E-state index in [9.17, 15) is 0 Å². The third-order valence-corrected chi connectivity index (χ3v) is 2.24. The van der Waals surface area contributed by atoms with Crippen molar-refractivity contribution in [3.63, 3.8) is 0 Å². The summed E-state index contributed by atoms with van der Waals surface area (Å²) in [5.74, 6) is 0. The van der Waals surface area contributed by atoms with E-state index < -0.39 is 0 Å². The highest BCUT2D eigenvalue weighted by atomic mass is 16.5. The first-order valence-electron chi connectivity index (χ1n) is 4.67. The third kappa shape index (κ3) is 2.08. The molecule has 13 heavy (non-hydrogen) atoms. The van der Waals surface area contributed by atoms with Gasteiger partial charge in [0.05, 0.1) is 12.3 Å². The van der Waals surface area contributed by atoms with E-state index in [4.69, 9.17) is 4.74 Å². The van der Waals surface area contributed by atoms with Gasteiger partial charge in [-0.15, -0.1) is 0 Å². The van der Waals surface area contributed by atoms with Gasteiger partial charge in [0.1, 0.15) is 0 Å². The van der Waals surface area contributed by atoms with Gasteiger partial charge in [0.25, 0.3) is 0 Å². The molecular weight excluding hydrogens is 166 g/mol. The Balaban J connectivity index is 2.06. The second-order valence-electron chi connectivity index (χ2n) is 3.36. The average Bonchev–Trinajstić information content (AvgIpc) is 2.43. The fourth-order valence-corrected chi connectivity index (χ4v) is 1.54. The first-order chi connectivity index (χ1) is 6.36. The number of hydrogen-bond donors (Lipinski definition) is 1. The molecule has 1 atom stereocenters. The molecule has 0 spiro atoms. The number of hydrogen-bond acceptors (Lipinski definition) is 3. The van der Waals surface area contributed by atoms with E-state index in [1.807, 2.05) is 24.1 Å². The first kappa shape index (κ1) is 8.72. The van der Waals surface area contributed by atoms with Crippen molar-refractivity contribution in [2.75, 3.05) is 19.7 Å². The Morgan fingerprint density at radius 2 is 2.62 bits per heavy atom. The highest BCUT2D eigenvalue weighted by molar-refractivity contribution is 5.08. The van der Waals surface area contributed by atoms with Crippen molar-refractivity contribution in [3.8, 4) is 0 Å². The summed E-state index contributed by atoms with van der Waals surface area (Å²) in [5.41, 5.74) is 1.16. The Morgan fingerprint density at radius 3 is 3.38 bits per heavy atom. The number of aryl methyl sites for hydroxylation is 1. The zero-order valence-electron chi connectivity index (χ0n) is 7.86. The lowest BCUT2D eigenvalue weighted by Crippen LogP contribution is -2.19. The molecule has 72 valence electrons. The summed E-state index contributed by atoms with van der Waals surface area (Å²) in [5, 5.41) is 7.47. The summed E-state index contributed by atoms with van der Waals surface area (Å²) < 4.78 is 7.50. The molecule has 0 aromatic carbocycles. The van der Waals surface area contributed by atoms with Crippen LogP contribution in [-0.4, -0.2) is 29.5 Å². The van der Waals surface area contributed by atoms with Gasteiger partial charge in [-0.3, -0.25) is 4.68 Å². The molecule has 1 fully saturated rings. The van der Waals surface area contributed by atoms with Crippen molar-refractivity contribution in [2.45, 2.75) is 12.5 Å². The molecule has 0 radical (unpaired) electrons. The van der Waals surface area contributed by atoms with Gasteiger partial charge < -0.3 is 10.1 Å². The van der Waals surface area contributed by atoms with Crippen LogP contribution in [0.15, 0.2) is 12.4 Å². The molecule has 1 aromatic rings. The lowest BCUT2D eigenvalue weighted by atomic mass is 10.2. The maximum atomic E-state index is 5.69. The monoisotopic (exact) mass is 181 g/mol. The lowest BCUT2D eigenvalue weighted by molar-refractivity contribution is 0.0668. The van der Waals surface area contributed by atoms with Gasteiger partial charge in [0.15, 0.2) is 0 Å². The zero-order valence-corrected chi connectivity index (χ0v) is 7.86. The van der Waals surface area contributed by atoms with Gasteiger partial charge in [-0.25, -0.2) is 0 Å². The predicted octanol–water partition coefficient (Wildman–Crippen LogP) is 0.471. The molecular formula is C9H15N3O. The van der Waals surface area contributed by atoms with Gasteiger partial charge in [0, 0.05) is 32.0 Å². The molecule has 4 heteroatoms. The third-order valence-electron chi connectivity index (χ3n) is 2.24. The van der Waals surface area contributed by atoms with Crippen LogP contribution in [0, 0.1) is 0 Å². The van der Waals surface area contributed by atoms with Crippen molar-refractivity contribution in [3.05, 3.63) is 18.0 Å². The smallest absolute Gasteiger partial charge is 0.0979 e. The first-order valence-corrected chi connectivity index (χ1v) is 4.67. The Labute approximate surface area is 77.9 Å². The molecule has 1 aromatic heterocycles. The number of rotatable bonds is 1. The maximum Gasteiger partial charge on any atom is 0.0979 e. The number of ether oxygens (including phenoxy) is 1. The van der Waals surface area contributed by atoms with Crippen molar-refractivity contribution in [1.29, 1.82) is 0 Å². The Morgan fingerprint density at radius 1 is 1.69 bits per heavy atom. The van der Waals surface area contributed by atoms with E-state index in [2.05, 4.69) is 10.4 Å². The van der Waals surface area contributed by atoms with E-state index in [0.29, 0.717) is 0 Å². The minimum Gasteiger partial charge on any atom is -0.372 e. The molecule has 0 bridgehead atoms. The van der Waals surface area contributed by atoms with Crippen LogP contribution in [0.25, 0.3) is 0 Å². The van der Waals surface area contributed by atoms with Gasteiger partial charge in [0.2, 0.25) is 0 Å². The standard InChI is InChI=1S/C9H15N3O/c1-12-7-8(5-11-12)9-6-10-3-2-4-13-9/h5,7,9-10H,2-4,6H2,1H3. The number of nitrogens with zero attached hydrogens (tertiary/aromatic N) is 2. The molecule has 1 unspecified atom stereocenters. The topological polar surface area (TPSA) is 39.1 Å². The van der Waals surface area contributed by atoms with Crippen LogP contribution < -0.4 is 5.32 Å². The van der Waals surface area contributed by atoms with E-state index in [1.54, 1.807) is 0 Å². The number of aromatic nitrogens is 2. The summed E-state index contributed by atoms with van der Waals surface area (Å²) in [7, 11) is 1.92. The zero-order chi connectivity index (χ0) is 9.10. The SMILES string of the molecule is Cn1cc(C2CNCCCO2)cn1. The van der Waals surface area contributed by atoms with Crippen LogP contribution >= 0.6 is 0 Å². The quantitative estimate of drug-likeness (QED) is 0.684. The average molecular weight is 181 g/mol. The molecule has 1 saturated heterocycles. The van der Waals surface area contributed by atoms with Crippen molar-refractivity contribution in [2.24, 2.45) is 7.05 Å². The fraction of sp³-hybridized carbons (Fsp3) is 0.667. The largest absolute Gasteiger partial charge is 0.372 e. The summed E-state index contributed by atoms with van der Waals surface area (Å²) in [6.45, 7) is 2.79. The van der Waals surface area contributed by atoms with Gasteiger partial charge in [-0.1, -0.05) is 0 Å². The lowest BCUT2D eigenvalue weighted by Gasteiger charge is -2.12. The number of nitrogens with one attached hydrogen (secondary N) is 1. The van der Waals surface area contributed by atoms with Crippen molar-refractivity contribution >= 4 is 0 Å². The predicted molar refractivity (Wildman–Crippen MR) is 49.4 cm³/mol. The molecule has 2 rings (SSSR count). The summed E-state index contributed by atoms with van der Waals surface area (Å²) >= 11 is 0. The van der Waals surface area contributed by atoms with Gasteiger partial charge in [-0.2, -0.15) is 5.10 Å². The van der Waals surface area contributed by atoms with E-state index >= 15 is 0 Å². The van der Waals surface area contributed by atoms with Crippen molar-refractivity contribution < 1.29 is 4.74 Å². The molecule has 1 aliphatic heterocycles. The van der Waals surface area contributed by atoms with Crippen molar-refractivity contribution in [1.82, 2.24) is 15.1 Å². The molecule has 0 amide bonds. The minimum atomic E-state index is 0.177. The van der Waals surface area contributed by atoms with Crippen LogP contribution in [0.1, 0.15) is 18.1 Å². The van der Waals surface area contributed by atoms with Gasteiger partial charge >= 0.3 is 0 Å². The molecule has 1 N–H and O–H groups in total. The fourth-order valence-electron chi connectivity index (χ4n) is 1.54. The van der Waals surface area contributed by atoms with Crippen LogP contribution in [0.2, 0.25) is 0 Å². The summed E-state index contributed by atoms with van der Waals surface area (Å²) in [6.07, 6.45) is 5.16. The Hall–Kier alpha value is -0.870. The Bertz CT molecular complexity index is 264. The Kier molecular flexibility index (Phi) is 2.61. The van der Waals surface area contributed by atoms with Crippen LogP contribution in [-0.2, 0) is 11.8 Å². The molecule has 2 heterocycles. The normalized spacial score (nSPS) is 24.2. The second kappa shape index (κ2) is 3.89. The maximum absolute atomic E-state index is 5.69. The minimum absolute atomic E-state index is 0.177. The summed E-state index contributed by atoms with van der Waals surface area (Å²) in [4.78, 5) is 0. The van der Waals surface area contributed by atoms with Crippen LogP contribution in [0.5, 0.6) is 0 Å². The second-order valence-corrected chi connectivity index (χ2v) is 3.36. The van der Waals surface area contributed by atoms with E-state index in [1.165, 1.54) is 0 Å². The van der Waals surface area contributed by atoms with E-state index in [0.717, 1.165) is 31.7 Å². The molecule has 0 saturated carbocycles.